The molecule has 0 aromatic heterocycles. The molecule has 1 fully saturated rings. The van der Waals surface area contributed by atoms with Crippen LogP contribution in [0.1, 0.15) is 34.3 Å². The summed E-state index contributed by atoms with van der Waals surface area (Å²) in [6.45, 7) is 4.08. The molecule has 0 unspecified atom stereocenters. The number of hydrogen-bond acceptors (Lipinski definition) is 6. The minimum Gasteiger partial charge on any atom is -0.382 e. The summed E-state index contributed by atoms with van der Waals surface area (Å²) in [5.74, 6) is 0.104. The van der Waals surface area contributed by atoms with Crippen molar-refractivity contribution in [1.29, 1.82) is 0 Å². The van der Waals surface area contributed by atoms with Gasteiger partial charge in [-0.15, -0.1) is 24.8 Å². The van der Waals surface area contributed by atoms with Crippen LogP contribution in [0.4, 0.5) is 11.4 Å². The largest absolute Gasteiger partial charge is 0.382 e. The maximum atomic E-state index is 13.2. The predicted octanol–water partition coefficient (Wildman–Crippen LogP) is 5.72. The number of likely N-dealkylation sites (tertiary alicyclic amines) is 1. The minimum absolute atomic E-state index is 0. The topological polar surface area (TPSA) is 70.4 Å². The zero-order valence-electron chi connectivity index (χ0n) is 20.2. The number of carbonyl (C=O) groups excluding carboxylic acids is 1. The molecule has 5 rings (SSSR count). The van der Waals surface area contributed by atoms with Crippen LogP contribution in [-0.4, -0.2) is 49.4 Å². The molecule has 3 aromatic rings. The van der Waals surface area contributed by atoms with Gasteiger partial charge >= 0.3 is 0 Å². The monoisotopic (exact) mass is 544 g/mol. The molecule has 0 atom stereocenters. The van der Waals surface area contributed by atoms with Gasteiger partial charge in [0.1, 0.15) is 0 Å². The van der Waals surface area contributed by atoms with E-state index in [2.05, 4.69) is 51.9 Å². The highest BCUT2D eigenvalue weighted by Crippen LogP contribution is 2.43. The van der Waals surface area contributed by atoms with Gasteiger partial charge in [-0.1, -0.05) is 48.2 Å². The molecule has 4 N–H and O–H groups in total. The van der Waals surface area contributed by atoms with Crippen LogP contribution in [0.25, 0.3) is 0 Å². The van der Waals surface area contributed by atoms with Crippen molar-refractivity contribution in [3.8, 4) is 0 Å². The lowest BCUT2D eigenvalue weighted by Gasteiger charge is -2.33. The third-order valence-electron chi connectivity index (χ3n) is 6.71. The molecular weight excluding hydrogens is 511 g/mol. The zero-order chi connectivity index (χ0) is 23.3. The zero-order valence-corrected chi connectivity index (χ0v) is 22.7. The first kappa shape index (κ1) is 28.4. The van der Waals surface area contributed by atoms with E-state index in [9.17, 15) is 4.79 Å². The van der Waals surface area contributed by atoms with E-state index in [1.165, 1.54) is 20.9 Å². The number of ketones is 1. The Morgan fingerprint density at radius 3 is 2.44 bits per heavy atom. The third-order valence-corrected chi connectivity index (χ3v) is 7.91. The van der Waals surface area contributed by atoms with Gasteiger partial charge in [0, 0.05) is 65.4 Å². The summed E-state index contributed by atoms with van der Waals surface area (Å²) in [6, 6.07) is 23.0. The van der Waals surface area contributed by atoms with E-state index in [-0.39, 0.29) is 37.1 Å². The number of piperidine rings is 1. The number of carbonyl (C=O) groups is 1. The SMILES string of the molecule is Cl.Cl.NCCN1CCC(Nc2cc(C(=O)CNc3ccccc3)cc3c2Cc2ccccc2S3)CC1. The number of nitrogens with two attached hydrogens (primary N) is 1. The van der Waals surface area contributed by atoms with Crippen LogP contribution in [0, 0.1) is 0 Å². The van der Waals surface area contributed by atoms with Crippen molar-refractivity contribution >= 4 is 53.7 Å². The number of Topliss-reactive ketones (excluding diaryl/α,β-unsaturated/α-hetero) is 1. The van der Waals surface area contributed by atoms with E-state index in [0.29, 0.717) is 12.6 Å². The first-order chi connectivity index (χ1) is 16.7. The maximum absolute atomic E-state index is 13.2. The Morgan fingerprint density at radius 2 is 1.69 bits per heavy atom. The number of anilines is 2. The standard InChI is InChI=1S/C28H32N4OS.2ClH/c29-12-15-32-13-10-23(11-14-32)31-25-17-21(26(33)19-30-22-7-2-1-3-8-22)18-28-24(25)16-20-6-4-5-9-27(20)34-28;;/h1-9,17-18,23,30-31H,10-16,19,29H2;2*1H. The molecule has 0 bridgehead atoms. The second-order valence-electron chi connectivity index (χ2n) is 9.08. The van der Waals surface area contributed by atoms with Crippen LogP contribution in [0.15, 0.2) is 76.5 Å². The van der Waals surface area contributed by atoms with E-state index in [0.717, 1.165) is 55.8 Å². The molecule has 0 radical (unpaired) electrons. The Bertz CT molecular complexity index is 1150. The van der Waals surface area contributed by atoms with Crippen LogP contribution in [0.5, 0.6) is 0 Å². The van der Waals surface area contributed by atoms with Crippen LogP contribution in [-0.2, 0) is 6.42 Å². The van der Waals surface area contributed by atoms with Crippen LogP contribution < -0.4 is 16.4 Å². The summed E-state index contributed by atoms with van der Waals surface area (Å²) >= 11 is 1.78. The summed E-state index contributed by atoms with van der Waals surface area (Å²) in [5, 5.41) is 7.09. The number of hydrogen-bond donors (Lipinski definition) is 3. The molecule has 36 heavy (non-hydrogen) atoms. The molecule has 5 nitrogen and oxygen atoms in total. The molecule has 8 heteroatoms. The summed E-state index contributed by atoms with van der Waals surface area (Å²) < 4.78 is 0. The highest BCUT2D eigenvalue weighted by atomic mass is 35.5. The molecule has 0 aliphatic carbocycles. The van der Waals surface area contributed by atoms with Gasteiger partial charge < -0.3 is 21.3 Å². The number of nitrogens with zero attached hydrogens (tertiary/aromatic N) is 1. The summed E-state index contributed by atoms with van der Waals surface area (Å²) in [7, 11) is 0. The Morgan fingerprint density at radius 1 is 0.972 bits per heavy atom. The molecular formula is C28H34Cl2N4OS. The number of rotatable bonds is 8. The molecule has 1 saturated heterocycles. The van der Waals surface area contributed by atoms with Crippen molar-refractivity contribution in [3.05, 3.63) is 83.4 Å². The van der Waals surface area contributed by atoms with Crippen molar-refractivity contribution in [3.63, 3.8) is 0 Å². The molecule has 2 heterocycles. The van der Waals surface area contributed by atoms with Crippen molar-refractivity contribution in [2.75, 3.05) is 43.4 Å². The second kappa shape index (κ2) is 13.4. The number of halogens is 2. The Kier molecular flexibility index (Phi) is 10.5. The average molecular weight is 546 g/mol. The van der Waals surface area contributed by atoms with Gasteiger partial charge in [0.15, 0.2) is 5.78 Å². The maximum Gasteiger partial charge on any atom is 0.181 e. The van der Waals surface area contributed by atoms with Crippen molar-refractivity contribution < 1.29 is 4.79 Å². The van der Waals surface area contributed by atoms with Gasteiger partial charge in [0.05, 0.1) is 6.54 Å². The number of benzene rings is 3. The molecule has 0 saturated carbocycles. The summed E-state index contributed by atoms with van der Waals surface area (Å²) in [4.78, 5) is 18.1. The number of para-hydroxylation sites is 1. The summed E-state index contributed by atoms with van der Waals surface area (Å²) in [6.07, 6.45) is 3.07. The normalized spacial score (nSPS) is 15.0. The van der Waals surface area contributed by atoms with Crippen molar-refractivity contribution in [1.82, 2.24) is 4.90 Å². The first-order valence-electron chi connectivity index (χ1n) is 12.1. The van der Waals surface area contributed by atoms with Crippen molar-refractivity contribution in [2.24, 2.45) is 5.73 Å². The smallest absolute Gasteiger partial charge is 0.181 e. The molecule has 192 valence electrons. The van der Waals surface area contributed by atoms with Gasteiger partial charge in [-0.2, -0.15) is 0 Å². The minimum atomic E-state index is 0. The van der Waals surface area contributed by atoms with E-state index < -0.39 is 0 Å². The van der Waals surface area contributed by atoms with Gasteiger partial charge in [-0.3, -0.25) is 4.79 Å². The molecule has 0 spiro atoms. The Balaban J connectivity index is 0.00000180. The average Bonchev–Trinajstić information content (AvgIpc) is 2.88. The highest BCUT2D eigenvalue weighted by Gasteiger charge is 2.24. The van der Waals surface area contributed by atoms with Crippen LogP contribution >= 0.6 is 36.6 Å². The van der Waals surface area contributed by atoms with Gasteiger partial charge in [0.25, 0.3) is 0 Å². The molecule has 0 amide bonds. The van der Waals surface area contributed by atoms with E-state index in [1.807, 2.05) is 30.3 Å². The molecule has 3 aromatic carbocycles. The Hall–Kier alpha value is -2.22. The van der Waals surface area contributed by atoms with Crippen LogP contribution in [0.2, 0.25) is 0 Å². The van der Waals surface area contributed by atoms with E-state index >= 15 is 0 Å². The lowest BCUT2D eigenvalue weighted by atomic mass is 9.97. The van der Waals surface area contributed by atoms with Gasteiger partial charge in [0.2, 0.25) is 0 Å². The van der Waals surface area contributed by atoms with Gasteiger partial charge in [-0.25, -0.2) is 0 Å². The first-order valence-corrected chi connectivity index (χ1v) is 12.9. The number of nitrogens with one attached hydrogen (secondary N) is 2. The van der Waals surface area contributed by atoms with Gasteiger partial charge in [-0.05, 0) is 54.3 Å². The quantitative estimate of drug-likeness (QED) is 0.246. The molecule has 2 aliphatic rings. The highest BCUT2D eigenvalue weighted by molar-refractivity contribution is 7.99. The lowest BCUT2D eigenvalue weighted by Crippen LogP contribution is -2.41. The summed E-state index contributed by atoms with van der Waals surface area (Å²) in [5.41, 5.74) is 11.2. The Labute approximate surface area is 230 Å². The molecule has 2 aliphatic heterocycles. The van der Waals surface area contributed by atoms with E-state index in [1.54, 1.807) is 11.8 Å². The van der Waals surface area contributed by atoms with Crippen molar-refractivity contribution in [2.45, 2.75) is 35.1 Å². The van der Waals surface area contributed by atoms with E-state index in [4.69, 9.17) is 5.73 Å². The number of fused-ring (bicyclic) bond motifs is 2. The lowest BCUT2D eigenvalue weighted by molar-refractivity contribution is 0.101. The fourth-order valence-corrected chi connectivity index (χ4v) is 5.96. The predicted molar refractivity (Wildman–Crippen MR) is 156 cm³/mol. The third kappa shape index (κ3) is 6.75. The second-order valence-corrected chi connectivity index (χ2v) is 10.2. The fraction of sp³-hybridized carbons (Fsp3) is 0.321. The van der Waals surface area contributed by atoms with Crippen LogP contribution in [0.3, 0.4) is 0 Å². The fourth-order valence-electron chi connectivity index (χ4n) is 4.81.